The van der Waals surface area contributed by atoms with Crippen LogP contribution in [0.4, 0.5) is 11.4 Å². The van der Waals surface area contributed by atoms with Crippen LogP contribution in [-0.4, -0.2) is 20.1 Å². The van der Waals surface area contributed by atoms with E-state index in [0.717, 1.165) is 31.6 Å². The molecule has 0 saturated heterocycles. The molecule has 4 N–H and O–H groups in total. The summed E-state index contributed by atoms with van der Waals surface area (Å²) in [5.74, 6) is 0. The third kappa shape index (κ3) is 3.66. The number of anilines is 2. The van der Waals surface area contributed by atoms with Crippen LogP contribution in [0.25, 0.3) is 0 Å². The van der Waals surface area contributed by atoms with Gasteiger partial charge in [-0.2, -0.15) is 0 Å². The Kier molecular flexibility index (Phi) is 4.86. The first-order valence-electron chi connectivity index (χ1n) is 5.08. The summed E-state index contributed by atoms with van der Waals surface area (Å²) in [6, 6.07) is 8.28. The normalized spacial score (nSPS) is 9.86. The number of unbranched alkanes of at least 4 members (excludes halogenated alkanes) is 1. The van der Waals surface area contributed by atoms with Gasteiger partial charge in [0.1, 0.15) is 0 Å². The molecule has 1 aromatic carbocycles. The van der Waals surface area contributed by atoms with Crippen molar-refractivity contribution in [3.05, 3.63) is 24.3 Å². The Morgan fingerprint density at radius 1 is 1.07 bits per heavy atom. The second-order valence-electron chi connectivity index (χ2n) is 3.25. The molecule has 0 bridgehead atoms. The van der Waals surface area contributed by atoms with Crippen LogP contribution in [0.2, 0.25) is 0 Å². The van der Waals surface area contributed by atoms with E-state index in [2.05, 4.69) is 34.9 Å². The van der Waals surface area contributed by atoms with E-state index in [9.17, 15) is 0 Å². The van der Waals surface area contributed by atoms with Crippen LogP contribution in [0.3, 0.4) is 0 Å². The molecule has 0 spiro atoms. The fourth-order valence-corrected chi connectivity index (χ4v) is 1.26. The maximum atomic E-state index is 5.41. The van der Waals surface area contributed by atoms with Crippen LogP contribution >= 0.6 is 0 Å². The fourth-order valence-electron chi connectivity index (χ4n) is 1.26. The number of nitrogens with two attached hydrogens (primary N) is 1. The first-order chi connectivity index (χ1) is 6.86. The lowest BCUT2D eigenvalue weighted by Gasteiger charge is -2.06. The highest BCUT2D eigenvalue weighted by Gasteiger charge is 1.91. The van der Waals surface area contributed by atoms with E-state index >= 15 is 0 Å². The van der Waals surface area contributed by atoms with Gasteiger partial charge in [0.25, 0.3) is 0 Å². The van der Waals surface area contributed by atoms with Gasteiger partial charge in [-0.15, -0.1) is 0 Å². The minimum Gasteiger partial charge on any atom is -0.388 e. The predicted molar refractivity (Wildman–Crippen MR) is 62.8 cm³/mol. The second kappa shape index (κ2) is 6.27. The largest absolute Gasteiger partial charge is 0.388 e. The molecule has 0 aromatic heterocycles. The molecule has 14 heavy (non-hydrogen) atoms. The van der Waals surface area contributed by atoms with Crippen molar-refractivity contribution in [2.45, 2.75) is 12.8 Å². The summed E-state index contributed by atoms with van der Waals surface area (Å²) >= 11 is 0. The number of hydrogen-bond donors (Lipinski definition) is 3. The molecular weight excluding hydrogens is 174 g/mol. The molecule has 0 atom stereocenters. The number of rotatable bonds is 6. The SMILES string of the molecule is CNc1ccc(NCCCCN)cc1. The van der Waals surface area contributed by atoms with Crippen LogP contribution in [0.5, 0.6) is 0 Å². The monoisotopic (exact) mass is 193 g/mol. The molecule has 0 fully saturated rings. The zero-order valence-corrected chi connectivity index (χ0v) is 8.72. The predicted octanol–water partition coefficient (Wildman–Crippen LogP) is 1.88. The summed E-state index contributed by atoms with van der Waals surface area (Å²) in [7, 11) is 1.92. The second-order valence-corrected chi connectivity index (χ2v) is 3.25. The van der Waals surface area contributed by atoms with Crippen molar-refractivity contribution < 1.29 is 0 Å². The van der Waals surface area contributed by atoms with E-state index in [1.54, 1.807) is 0 Å². The van der Waals surface area contributed by atoms with Gasteiger partial charge in [-0.3, -0.25) is 0 Å². The van der Waals surface area contributed by atoms with Crippen molar-refractivity contribution in [2.24, 2.45) is 5.73 Å². The van der Waals surface area contributed by atoms with Gasteiger partial charge in [-0.25, -0.2) is 0 Å². The Bertz CT molecular complexity index is 243. The maximum absolute atomic E-state index is 5.41. The summed E-state index contributed by atoms with van der Waals surface area (Å²) < 4.78 is 0. The molecule has 0 aliphatic carbocycles. The van der Waals surface area contributed by atoms with Gasteiger partial charge in [0.2, 0.25) is 0 Å². The highest BCUT2D eigenvalue weighted by Crippen LogP contribution is 2.12. The first-order valence-corrected chi connectivity index (χ1v) is 5.08. The number of nitrogens with one attached hydrogen (secondary N) is 2. The van der Waals surface area contributed by atoms with Gasteiger partial charge in [-0.1, -0.05) is 0 Å². The Morgan fingerprint density at radius 3 is 2.29 bits per heavy atom. The summed E-state index contributed by atoms with van der Waals surface area (Å²) in [6.45, 7) is 1.77. The van der Waals surface area contributed by atoms with E-state index in [1.165, 1.54) is 5.69 Å². The van der Waals surface area contributed by atoms with Crippen LogP contribution in [0, 0.1) is 0 Å². The minimum atomic E-state index is 0.778. The molecule has 0 amide bonds. The first kappa shape index (κ1) is 10.9. The average Bonchev–Trinajstić information content (AvgIpc) is 2.25. The molecule has 1 rings (SSSR count). The highest BCUT2D eigenvalue weighted by atomic mass is 14.9. The molecule has 0 heterocycles. The molecule has 0 aliphatic heterocycles. The molecule has 3 nitrogen and oxygen atoms in total. The lowest BCUT2D eigenvalue weighted by Crippen LogP contribution is -2.05. The van der Waals surface area contributed by atoms with Crippen molar-refractivity contribution in [3.63, 3.8) is 0 Å². The molecule has 0 aliphatic rings. The number of benzene rings is 1. The average molecular weight is 193 g/mol. The van der Waals surface area contributed by atoms with Gasteiger partial charge in [0.05, 0.1) is 0 Å². The summed E-state index contributed by atoms with van der Waals surface area (Å²) in [5, 5.41) is 6.43. The molecule has 78 valence electrons. The molecule has 1 aromatic rings. The topological polar surface area (TPSA) is 50.1 Å². The molecule has 3 heteroatoms. The van der Waals surface area contributed by atoms with Crippen LogP contribution < -0.4 is 16.4 Å². The summed E-state index contributed by atoms with van der Waals surface area (Å²) in [5.41, 5.74) is 7.71. The zero-order chi connectivity index (χ0) is 10.2. The quantitative estimate of drug-likeness (QED) is 0.605. The van der Waals surface area contributed by atoms with Crippen LogP contribution in [-0.2, 0) is 0 Å². The smallest absolute Gasteiger partial charge is 0.0341 e. The number of hydrogen-bond acceptors (Lipinski definition) is 3. The lowest BCUT2D eigenvalue weighted by atomic mass is 10.2. The van der Waals surface area contributed by atoms with Crippen molar-refractivity contribution in [1.29, 1.82) is 0 Å². The van der Waals surface area contributed by atoms with Gasteiger partial charge in [0, 0.05) is 25.0 Å². The van der Waals surface area contributed by atoms with E-state index in [1.807, 2.05) is 7.05 Å². The van der Waals surface area contributed by atoms with E-state index in [4.69, 9.17) is 5.73 Å². The van der Waals surface area contributed by atoms with Gasteiger partial charge in [0.15, 0.2) is 0 Å². The Labute approximate surface area is 85.7 Å². The summed E-state index contributed by atoms with van der Waals surface area (Å²) in [4.78, 5) is 0. The minimum absolute atomic E-state index is 0.778. The van der Waals surface area contributed by atoms with Crippen molar-refractivity contribution >= 4 is 11.4 Å². The van der Waals surface area contributed by atoms with Crippen molar-refractivity contribution in [2.75, 3.05) is 30.8 Å². The molecular formula is C11H19N3. The molecule has 0 radical (unpaired) electrons. The van der Waals surface area contributed by atoms with E-state index < -0.39 is 0 Å². The van der Waals surface area contributed by atoms with E-state index in [-0.39, 0.29) is 0 Å². The Morgan fingerprint density at radius 2 is 1.71 bits per heavy atom. The van der Waals surface area contributed by atoms with Gasteiger partial charge < -0.3 is 16.4 Å². The van der Waals surface area contributed by atoms with Gasteiger partial charge in [-0.05, 0) is 43.7 Å². The summed E-state index contributed by atoms with van der Waals surface area (Å²) in [6.07, 6.45) is 2.21. The molecule has 0 unspecified atom stereocenters. The third-order valence-corrected chi connectivity index (χ3v) is 2.13. The Hall–Kier alpha value is -1.22. The maximum Gasteiger partial charge on any atom is 0.0341 e. The van der Waals surface area contributed by atoms with Crippen LogP contribution in [0.15, 0.2) is 24.3 Å². The standard InChI is InChI=1S/C11H19N3/c1-13-10-4-6-11(7-5-10)14-9-3-2-8-12/h4-7,13-14H,2-3,8-9,12H2,1H3. The van der Waals surface area contributed by atoms with E-state index in [0.29, 0.717) is 0 Å². The van der Waals surface area contributed by atoms with Crippen LogP contribution in [0.1, 0.15) is 12.8 Å². The lowest BCUT2D eigenvalue weighted by molar-refractivity contribution is 0.774. The van der Waals surface area contributed by atoms with Crippen molar-refractivity contribution in [3.8, 4) is 0 Å². The Balaban J connectivity index is 2.29. The van der Waals surface area contributed by atoms with Gasteiger partial charge >= 0.3 is 0 Å². The van der Waals surface area contributed by atoms with Crippen molar-refractivity contribution in [1.82, 2.24) is 0 Å². The zero-order valence-electron chi connectivity index (χ0n) is 8.72. The third-order valence-electron chi connectivity index (χ3n) is 2.13. The fraction of sp³-hybridized carbons (Fsp3) is 0.455. The molecule has 0 saturated carbocycles. The highest BCUT2D eigenvalue weighted by molar-refractivity contribution is 5.53.